The van der Waals surface area contributed by atoms with Crippen molar-refractivity contribution in [2.75, 3.05) is 6.61 Å². The second kappa shape index (κ2) is 8.29. The molecule has 0 aliphatic carbocycles. The number of esters is 1. The first-order valence-corrected chi connectivity index (χ1v) is 8.08. The fraction of sp³-hybridized carbons (Fsp3) is 0.300. The zero-order valence-corrected chi connectivity index (χ0v) is 14.3. The van der Waals surface area contributed by atoms with Crippen molar-refractivity contribution in [1.29, 1.82) is 0 Å². The molecule has 4 heteroatoms. The van der Waals surface area contributed by atoms with Gasteiger partial charge in [-0.3, -0.25) is 4.79 Å². The average molecular weight is 326 g/mol. The largest absolute Gasteiger partial charge is 0.488 e. The van der Waals surface area contributed by atoms with Crippen LogP contribution in [-0.2, 0) is 17.8 Å². The number of benzene rings is 2. The maximum absolute atomic E-state index is 12.2. The molecule has 0 aromatic heterocycles. The second-order valence-corrected chi connectivity index (χ2v) is 5.41. The van der Waals surface area contributed by atoms with Crippen LogP contribution in [0.4, 0.5) is 0 Å². The molecule has 0 unspecified atom stereocenters. The van der Waals surface area contributed by atoms with Gasteiger partial charge in [-0.1, -0.05) is 37.3 Å². The number of Topliss-reactive ketones (excluding diaryl/α,β-unsaturated/α-hetero) is 1. The molecule has 0 atom stereocenters. The Morgan fingerprint density at radius 3 is 2.29 bits per heavy atom. The van der Waals surface area contributed by atoms with Gasteiger partial charge in [0.05, 0.1) is 6.61 Å². The van der Waals surface area contributed by atoms with Gasteiger partial charge in [0.15, 0.2) is 5.78 Å². The molecule has 0 spiro atoms. The number of rotatable bonds is 7. The number of carbonyl (C=O) groups excluding carboxylic acids is 2. The lowest BCUT2D eigenvalue weighted by Crippen LogP contribution is -2.11. The van der Waals surface area contributed by atoms with Crippen molar-refractivity contribution in [1.82, 2.24) is 0 Å². The van der Waals surface area contributed by atoms with Gasteiger partial charge in [-0.15, -0.1) is 0 Å². The van der Waals surface area contributed by atoms with Crippen molar-refractivity contribution in [3.63, 3.8) is 0 Å². The third-order valence-corrected chi connectivity index (χ3v) is 3.70. The van der Waals surface area contributed by atoms with Gasteiger partial charge in [-0.2, -0.15) is 0 Å². The lowest BCUT2D eigenvalue weighted by atomic mass is 9.98. The second-order valence-electron chi connectivity index (χ2n) is 5.41. The minimum atomic E-state index is -0.481. The molecule has 0 bridgehead atoms. The summed E-state index contributed by atoms with van der Waals surface area (Å²) in [6.07, 6.45) is 0.680. The summed E-state index contributed by atoms with van der Waals surface area (Å²) in [4.78, 5) is 24.1. The summed E-state index contributed by atoms with van der Waals surface area (Å²) < 4.78 is 11.0. The minimum Gasteiger partial charge on any atom is -0.488 e. The number of aryl methyl sites for hydroxylation is 1. The van der Waals surface area contributed by atoms with Crippen LogP contribution in [0.25, 0.3) is 0 Å². The van der Waals surface area contributed by atoms with Crippen LogP contribution in [0, 0.1) is 0 Å². The van der Waals surface area contributed by atoms with Gasteiger partial charge >= 0.3 is 5.97 Å². The molecule has 0 saturated carbocycles. The molecule has 0 N–H and O–H groups in total. The summed E-state index contributed by atoms with van der Waals surface area (Å²) in [5.41, 5.74) is 2.68. The number of carbonyl (C=O) groups is 2. The SMILES string of the molecule is CCOC(=O)c1cc(C(C)=O)c(CC)cc1OCc1ccccc1. The standard InChI is InChI=1S/C20H22O4/c1-4-16-11-19(24-13-15-9-7-6-8-10-15)18(20(22)23-5-2)12-17(16)14(3)21/h6-12H,4-5,13H2,1-3H3. The highest BCUT2D eigenvalue weighted by atomic mass is 16.5. The van der Waals surface area contributed by atoms with Gasteiger partial charge < -0.3 is 9.47 Å². The number of hydrogen-bond acceptors (Lipinski definition) is 4. The molecule has 2 aromatic carbocycles. The molecule has 24 heavy (non-hydrogen) atoms. The molecular formula is C20H22O4. The predicted octanol–water partition coefficient (Wildman–Crippen LogP) is 4.21. The highest BCUT2D eigenvalue weighted by Gasteiger charge is 2.19. The summed E-state index contributed by atoms with van der Waals surface area (Å²) in [7, 11) is 0. The van der Waals surface area contributed by atoms with Crippen molar-refractivity contribution in [2.24, 2.45) is 0 Å². The molecular weight excluding hydrogens is 304 g/mol. The highest BCUT2D eigenvalue weighted by Crippen LogP contribution is 2.27. The van der Waals surface area contributed by atoms with E-state index in [1.54, 1.807) is 19.1 Å². The number of ketones is 1. The van der Waals surface area contributed by atoms with E-state index in [2.05, 4.69) is 0 Å². The van der Waals surface area contributed by atoms with Crippen LogP contribution >= 0.6 is 0 Å². The summed E-state index contributed by atoms with van der Waals surface area (Å²) in [5.74, 6) is -0.114. The van der Waals surface area contributed by atoms with Crippen LogP contribution in [0.3, 0.4) is 0 Å². The van der Waals surface area contributed by atoms with Crippen LogP contribution in [0.5, 0.6) is 5.75 Å². The first-order chi connectivity index (χ1) is 11.6. The Morgan fingerprint density at radius 1 is 1.00 bits per heavy atom. The molecule has 0 amide bonds. The van der Waals surface area contributed by atoms with Crippen molar-refractivity contribution in [3.8, 4) is 5.75 Å². The summed E-state index contributed by atoms with van der Waals surface area (Å²) in [6.45, 7) is 5.81. The van der Waals surface area contributed by atoms with E-state index in [4.69, 9.17) is 9.47 Å². The molecule has 0 heterocycles. The van der Waals surface area contributed by atoms with Crippen LogP contribution in [0.15, 0.2) is 42.5 Å². The minimum absolute atomic E-state index is 0.0768. The molecule has 2 aromatic rings. The molecule has 0 aliphatic rings. The van der Waals surface area contributed by atoms with Crippen LogP contribution in [-0.4, -0.2) is 18.4 Å². The Labute approximate surface area is 142 Å². The van der Waals surface area contributed by atoms with Gasteiger partial charge in [0, 0.05) is 5.56 Å². The van der Waals surface area contributed by atoms with Gasteiger partial charge in [0.25, 0.3) is 0 Å². The van der Waals surface area contributed by atoms with Gasteiger partial charge in [-0.05, 0) is 43.5 Å². The zero-order valence-electron chi connectivity index (χ0n) is 14.3. The van der Waals surface area contributed by atoms with E-state index in [9.17, 15) is 9.59 Å². The normalized spacial score (nSPS) is 10.3. The van der Waals surface area contributed by atoms with Crippen LogP contribution in [0.1, 0.15) is 52.6 Å². The molecule has 2 rings (SSSR count). The molecule has 126 valence electrons. The predicted molar refractivity (Wildman–Crippen MR) is 92.6 cm³/mol. The molecule has 4 nitrogen and oxygen atoms in total. The van der Waals surface area contributed by atoms with Gasteiger partial charge in [-0.25, -0.2) is 4.79 Å². The topological polar surface area (TPSA) is 52.6 Å². The molecule has 0 fully saturated rings. The summed E-state index contributed by atoms with van der Waals surface area (Å²) in [5, 5.41) is 0. The van der Waals surface area contributed by atoms with Gasteiger partial charge in [0.1, 0.15) is 17.9 Å². The first kappa shape index (κ1) is 17.7. The molecule has 0 aliphatic heterocycles. The van der Waals surface area contributed by atoms with Gasteiger partial charge in [0.2, 0.25) is 0 Å². The fourth-order valence-electron chi connectivity index (χ4n) is 2.47. The number of hydrogen-bond donors (Lipinski definition) is 0. The van der Waals surface area contributed by atoms with Crippen molar-refractivity contribution in [2.45, 2.75) is 33.8 Å². The van der Waals surface area contributed by atoms with E-state index in [1.165, 1.54) is 6.92 Å². The van der Waals surface area contributed by atoms with Crippen LogP contribution in [0.2, 0.25) is 0 Å². The fourth-order valence-corrected chi connectivity index (χ4v) is 2.47. The summed E-state index contributed by atoms with van der Waals surface area (Å²) >= 11 is 0. The van der Waals surface area contributed by atoms with E-state index in [0.717, 1.165) is 11.1 Å². The Kier molecular flexibility index (Phi) is 6.13. The molecule has 0 radical (unpaired) electrons. The van der Waals surface area contributed by atoms with Crippen molar-refractivity contribution < 1.29 is 19.1 Å². The third-order valence-electron chi connectivity index (χ3n) is 3.70. The zero-order chi connectivity index (χ0) is 17.5. The van der Waals surface area contributed by atoms with Crippen LogP contribution < -0.4 is 4.74 Å². The average Bonchev–Trinajstić information content (AvgIpc) is 2.60. The monoisotopic (exact) mass is 326 g/mol. The quantitative estimate of drug-likeness (QED) is 0.565. The number of ether oxygens (including phenoxy) is 2. The molecule has 0 saturated heterocycles. The maximum atomic E-state index is 12.2. The van der Waals surface area contributed by atoms with E-state index >= 15 is 0 Å². The Bertz CT molecular complexity index is 720. The summed E-state index contributed by atoms with van der Waals surface area (Å²) in [6, 6.07) is 13.1. The first-order valence-electron chi connectivity index (χ1n) is 8.08. The lowest BCUT2D eigenvalue weighted by Gasteiger charge is -2.15. The van der Waals surface area contributed by atoms with Crippen molar-refractivity contribution in [3.05, 3.63) is 64.7 Å². The van der Waals surface area contributed by atoms with E-state index in [1.807, 2.05) is 37.3 Å². The van der Waals surface area contributed by atoms with Crippen molar-refractivity contribution >= 4 is 11.8 Å². The lowest BCUT2D eigenvalue weighted by molar-refractivity contribution is 0.0521. The van der Waals surface area contributed by atoms with E-state index in [0.29, 0.717) is 24.3 Å². The van der Waals surface area contributed by atoms with E-state index < -0.39 is 5.97 Å². The Morgan fingerprint density at radius 2 is 1.71 bits per heavy atom. The Hall–Kier alpha value is -2.62. The highest BCUT2D eigenvalue weighted by molar-refractivity contribution is 6.00. The van der Waals surface area contributed by atoms with E-state index in [-0.39, 0.29) is 18.0 Å². The maximum Gasteiger partial charge on any atom is 0.341 e. The Balaban J connectivity index is 2.39. The smallest absolute Gasteiger partial charge is 0.341 e. The third kappa shape index (κ3) is 4.22.